The fraction of sp³-hybridized carbons (Fsp3) is 0.833. The summed E-state index contributed by atoms with van der Waals surface area (Å²) in [6.45, 7) is 56.3. The lowest BCUT2D eigenvalue weighted by Crippen LogP contribution is -2.52. The molecule has 0 bridgehead atoms. The van der Waals surface area contributed by atoms with E-state index in [1.165, 1.54) is 0 Å². The average molecular weight is 1620 g/mol. The maximum Gasteiger partial charge on any atom is 0.330 e. The minimum absolute atomic E-state index is 0.0136. The van der Waals surface area contributed by atoms with Crippen LogP contribution in [0.15, 0.2) is 12.7 Å². The summed E-state index contributed by atoms with van der Waals surface area (Å²) in [6, 6.07) is 0. The number of hydrogen-bond acceptors (Lipinski definition) is 27. The van der Waals surface area contributed by atoms with Crippen molar-refractivity contribution in [3.8, 4) is 0 Å². The molecule has 0 aromatic carbocycles. The zero-order chi connectivity index (χ0) is 88.3. The second-order valence-corrected chi connectivity index (χ2v) is 37.1. The molecule has 0 saturated heterocycles. The normalized spacial score (nSPS) is 12.2. The second kappa shape index (κ2) is 51.0. The van der Waals surface area contributed by atoms with E-state index in [1.807, 2.05) is 20.8 Å². The number of amides is 1. The Morgan fingerprint density at radius 1 is 0.355 bits per heavy atom. The molecule has 0 rings (SSSR count). The molecular formula is C78H143Cl2N5O25. The van der Waals surface area contributed by atoms with Gasteiger partial charge in [0.2, 0.25) is 11.4 Å². The van der Waals surface area contributed by atoms with Gasteiger partial charge in [0.1, 0.15) is 56.0 Å². The van der Waals surface area contributed by atoms with Crippen LogP contribution in [0.3, 0.4) is 0 Å². The largest absolute Gasteiger partial charge is 0.460 e. The maximum absolute atomic E-state index is 12.6. The van der Waals surface area contributed by atoms with Gasteiger partial charge in [0.15, 0.2) is 7.05 Å². The van der Waals surface area contributed by atoms with Gasteiger partial charge < -0.3 is 63.7 Å². The summed E-state index contributed by atoms with van der Waals surface area (Å²) in [5, 5.41) is 26.8. The molecule has 0 saturated carbocycles. The Morgan fingerprint density at radius 3 is 0.655 bits per heavy atom. The zero-order valence-corrected chi connectivity index (χ0v) is 74.4. The van der Waals surface area contributed by atoms with E-state index in [1.54, 1.807) is 194 Å². The first-order valence-corrected chi connectivity index (χ1v) is 37.9. The highest BCUT2D eigenvalue weighted by molar-refractivity contribution is 6.40. The van der Waals surface area contributed by atoms with Gasteiger partial charge in [-0.05, 0) is 253 Å². The van der Waals surface area contributed by atoms with Crippen LogP contribution in [0.25, 0.3) is 0 Å². The molecular weight excluding hydrogens is 1480 g/mol. The van der Waals surface area contributed by atoms with Crippen molar-refractivity contribution >= 4 is 88.8 Å². The van der Waals surface area contributed by atoms with Gasteiger partial charge in [-0.1, -0.05) is 6.58 Å². The summed E-state index contributed by atoms with van der Waals surface area (Å²) in [6.07, 6.45) is 1.89. The minimum atomic E-state index is -1.66. The van der Waals surface area contributed by atoms with Crippen molar-refractivity contribution in [1.29, 1.82) is 0 Å². The van der Waals surface area contributed by atoms with E-state index in [2.05, 4.69) is 17.2 Å². The second-order valence-electron chi connectivity index (χ2n) is 36.3. The fourth-order valence-electron chi connectivity index (χ4n) is 9.04. The Morgan fingerprint density at radius 2 is 0.518 bits per heavy atom. The standard InChI is InChI=1S/C25H46N2O7.C22H39NO8.C22H41NO6.C7H12O2.CH2Cl2.CH3NO2/c1-22(2,3)32-19(29)11-14-25(27-18(28)17-26-10,15-12-20(30)33-23(4,5)6)16-13-21(31)34-24(7,8)9;1-19(2,3)29-16(24)10-13-22(23(27)28,14-11-17(25)30-20(4,5)6)15-12-18(26)31-21(7,8)9;1-19(2,3)27-16(24)10-13-22(23,14-11-17(25)28-20(4,5)6)15-12-18(26)29-21(7,8)9;1-5-6(8)9-7(2,3)4;2-1-3;1-2(3)4/h26H,11-17H2,1-10H3,(H,27,28);10-15H2,1-9H3;10-15,23H2,1-9H3;5H,1H2,2-4H3;1H2;1H3. The molecule has 0 aromatic rings. The summed E-state index contributed by atoms with van der Waals surface area (Å²) in [5.41, 5.74) is -3.29. The van der Waals surface area contributed by atoms with Gasteiger partial charge in [-0.15, -0.1) is 23.2 Å². The van der Waals surface area contributed by atoms with E-state index in [0.717, 1.165) is 13.1 Å². The van der Waals surface area contributed by atoms with Gasteiger partial charge in [-0.3, -0.25) is 68.2 Å². The van der Waals surface area contributed by atoms with Crippen molar-refractivity contribution in [2.24, 2.45) is 5.73 Å². The van der Waals surface area contributed by atoms with Gasteiger partial charge in [0.05, 0.1) is 31.1 Å². The Kier molecular flexibility index (Phi) is 53.0. The van der Waals surface area contributed by atoms with Crippen molar-refractivity contribution in [3.05, 3.63) is 32.9 Å². The van der Waals surface area contributed by atoms with Crippen LogP contribution in [0, 0.1) is 20.2 Å². The molecule has 0 aliphatic carbocycles. The van der Waals surface area contributed by atoms with Crippen LogP contribution >= 0.6 is 23.2 Å². The Balaban J connectivity index is -0.000000334. The molecule has 4 N–H and O–H groups in total. The van der Waals surface area contributed by atoms with Crippen molar-refractivity contribution in [2.45, 2.75) is 396 Å². The smallest absolute Gasteiger partial charge is 0.330 e. The number of halogens is 2. The molecule has 0 radical (unpaired) electrons. The van der Waals surface area contributed by atoms with Gasteiger partial charge >= 0.3 is 59.7 Å². The van der Waals surface area contributed by atoms with E-state index < -0.39 is 118 Å². The van der Waals surface area contributed by atoms with E-state index in [4.69, 9.17) is 86.4 Å². The highest BCUT2D eigenvalue weighted by Crippen LogP contribution is 2.33. The average Bonchev–Trinajstić information content (AvgIpc) is 0.842. The van der Waals surface area contributed by atoms with Gasteiger partial charge in [-0.2, -0.15) is 0 Å². The third-order valence-corrected chi connectivity index (χ3v) is 12.8. The lowest BCUT2D eigenvalue weighted by molar-refractivity contribution is -0.573. The molecule has 1 amide bonds. The first-order chi connectivity index (χ1) is 48.9. The molecule has 0 fully saturated rings. The summed E-state index contributed by atoms with van der Waals surface area (Å²) >= 11 is 9.53. The third-order valence-electron chi connectivity index (χ3n) is 12.8. The van der Waals surface area contributed by atoms with Crippen LogP contribution in [0.2, 0.25) is 0 Å². The maximum atomic E-state index is 12.6. The summed E-state index contributed by atoms with van der Waals surface area (Å²) < 4.78 is 52.9. The third kappa shape index (κ3) is 79.3. The molecule has 0 aliphatic rings. The fourth-order valence-corrected chi connectivity index (χ4v) is 9.04. The molecule has 0 heterocycles. The number of rotatable bonds is 32. The van der Waals surface area contributed by atoms with Crippen LogP contribution in [0.5, 0.6) is 0 Å². The topological polar surface area (TPSA) is 416 Å². The molecule has 32 heteroatoms. The van der Waals surface area contributed by atoms with Gasteiger partial charge in [0, 0.05) is 84.8 Å². The SMILES string of the molecule is C=CC(=O)OC(C)(C)C.CC(C)(C)OC(=O)CCC(CCC(=O)OC(C)(C)C)(CCC(=O)OC(C)(C)C)[N+](=O)[O-].CC(C)(C)OC(=O)CCC(N)(CCC(=O)OC(C)(C)C)CCC(=O)OC(C)(C)C.CNCC(=O)NC(CCC(=O)OC(C)(C)C)(CCC(=O)OC(C)(C)C)CCC(=O)OC(C)(C)C.C[N+](=O)[O-].ClCCl. The van der Waals surface area contributed by atoms with Crippen LogP contribution in [0.4, 0.5) is 0 Å². The predicted octanol–water partition coefficient (Wildman–Crippen LogP) is 14.7. The van der Waals surface area contributed by atoms with Crippen molar-refractivity contribution in [3.63, 3.8) is 0 Å². The first-order valence-electron chi connectivity index (χ1n) is 36.8. The number of carbonyl (C=O) groups is 11. The first kappa shape index (κ1) is 114. The number of nitrogens with two attached hydrogens (primary N) is 1. The molecule has 0 aromatic heterocycles. The number of nitro groups is 2. The highest BCUT2D eigenvalue weighted by atomic mass is 35.5. The molecule has 0 aliphatic heterocycles. The van der Waals surface area contributed by atoms with Crippen LogP contribution in [-0.2, 0) is 100 Å². The Bertz CT molecular complexity index is 2620. The zero-order valence-electron chi connectivity index (χ0n) is 72.9. The van der Waals surface area contributed by atoms with E-state index in [9.17, 15) is 62.9 Å². The van der Waals surface area contributed by atoms with Gasteiger partial charge in [-0.25, -0.2) is 4.79 Å². The molecule has 30 nitrogen and oxygen atoms in total. The summed E-state index contributed by atoms with van der Waals surface area (Å²) in [7, 11) is 2.53. The quantitative estimate of drug-likeness (QED) is 0.0141. The van der Waals surface area contributed by atoms with Crippen LogP contribution in [-0.4, -0.2) is 174 Å². The van der Waals surface area contributed by atoms with Crippen molar-refractivity contribution in [2.75, 3.05) is 26.0 Å². The predicted molar refractivity (Wildman–Crippen MR) is 423 cm³/mol. The molecule has 110 heavy (non-hydrogen) atoms. The van der Waals surface area contributed by atoms with Crippen molar-refractivity contribution < 1.29 is 110 Å². The minimum Gasteiger partial charge on any atom is -0.460 e. The Labute approximate surface area is 666 Å². The molecule has 0 unspecified atom stereocenters. The number of nitrogens with zero attached hydrogens (tertiary/aromatic N) is 2. The summed E-state index contributed by atoms with van der Waals surface area (Å²) in [4.78, 5) is 153. The number of hydrogen-bond donors (Lipinski definition) is 3. The van der Waals surface area contributed by atoms with E-state index in [-0.39, 0.29) is 138 Å². The number of likely N-dealkylation sites (N-methyl/N-ethyl adjacent to an activating group) is 1. The van der Waals surface area contributed by atoms with E-state index >= 15 is 0 Å². The lowest BCUT2D eigenvalue weighted by Gasteiger charge is -2.35. The number of ether oxygens (including phenoxy) is 10. The lowest BCUT2D eigenvalue weighted by atomic mass is 9.83. The monoisotopic (exact) mass is 1620 g/mol. The molecule has 0 spiro atoms. The number of alkyl halides is 2. The molecule has 0 atom stereocenters. The van der Waals surface area contributed by atoms with E-state index in [0.29, 0.717) is 19.3 Å². The van der Waals surface area contributed by atoms with Gasteiger partial charge in [0.25, 0.3) is 0 Å². The van der Waals surface area contributed by atoms with Crippen molar-refractivity contribution in [1.82, 2.24) is 10.6 Å². The number of carbonyl (C=O) groups excluding carboxylic acids is 11. The van der Waals surface area contributed by atoms with Crippen LogP contribution in [0.1, 0.15) is 323 Å². The number of nitrogens with one attached hydrogen (secondary N) is 2. The van der Waals surface area contributed by atoms with Crippen LogP contribution < -0.4 is 16.4 Å². The number of esters is 10. The Hall–Kier alpha value is -6.79. The highest BCUT2D eigenvalue weighted by Gasteiger charge is 2.45. The summed E-state index contributed by atoms with van der Waals surface area (Å²) in [5.74, 6) is -4.75. The molecule has 644 valence electrons.